The van der Waals surface area contributed by atoms with E-state index < -0.39 is 4.92 Å². The highest BCUT2D eigenvalue weighted by Crippen LogP contribution is 2.39. The maximum atomic E-state index is 10.7. The van der Waals surface area contributed by atoms with Crippen molar-refractivity contribution in [2.75, 3.05) is 5.32 Å². The minimum atomic E-state index is -0.403. The molecule has 1 unspecified atom stereocenters. The van der Waals surface area contributed by atoms with Crippen LogP contribution >= 0.6 is 11.6 Å². The Labute approximate surface area is 111 Å². The predicted octanol–water partition coefficient (Wildman–Crippen LogP) is 4.24. The summed E-state index contributed by atoms with van der Waals surface area (Å²) in [5.74, 6) is 0. The number of hydrogen-bond donors (Lipinski definition) is 1. The molecule has 0 aromatic heterocycles. The van der Waals surface area contributed by atoms with E-state index in [1.54, 1.807) is 6.07 Å². The molecule has 1 aromatic rings. The van der Waals surface area contributed by atoms with Crippen molar-refractivity contribution in [2.24, 2.45) is 5.41 Å². The van der Waals surface area contributed by atoms with Crippen LogP contribution in [0.25, 0.3) is 0 Å². The molecule has 98 valence electrons. The summed E-state index contributed by atoms with van der Waals surface area (Å²) >= 11 is 6.07. The van der Waals surface area contributed by atoms with Gasteiger partial charge in [0.15, 0.2) is 0 Å². The summed E-state index contributed by atoms with van der Waals surface area (Å²) in [6, 6.07) is 4.85. The van der Waals surface area contributed by atoms with Gasteiger partial charge in [0, 0.05) is 18.2 Å². The van der Waals surface area contributed by atoms with Crippen molar-refractivity contribution in [1.82, 2.24) is 0 Å². The monoisotopic (exact) mass is 268 g/mol. The van der Waals surface area contributed by atoms with Crippen molar-refractivity contribution in [2.45, 2.75) is 39.2 Å². The van der Waals surface area contributed by atoms with Gasteiger partial charge >= 0.3 is 0 Å². The van der Waals surface area contributed by atoms with Gasteiger partial charge in [0.05, 0.1) is 15.6 Å². The minimum Gasteiger partial charge on any atom is -0.381 e. The summed E-state index contributed by atoms with van der Waals surface area (Å²) in [6.45, 7) is 4.48. The van der Waals surface area contributed by atoms with Crippen LogP contribution in [0.15, 0.2) is 18.2 Å². The first-order valence-electron chi connectivity index (χ1n) is 6.08. The average molecular weight is 269 g/mol. The molecular weight excluding hydrogens is 252 g/mol. The molecule has 1 saturated carbocycles. The summed E-state index contributed by atoms with van der Waals surface area (Å²) in [5.41, 5.74) is 1.07. The normalized spacial score (nSPS) is 21.8. The second-order valence-corrected chi connectivity index (χ2v) is 6.08. The molecule has 1 aliphatic rings. The lowest BCUT2D eigenvalue weighted by Crippen LogP contribution is -2.17. The first-order valence-corrected chi connectivity index (χ1v) is 6.46. The summed E-state index contributed by atoms with van der Waals surface area (Å²) < 4.78 is 0. The highest BCUT2D eigenvalue weighted by Gasteiger charge is 2.31. The number of nitrogens with zero attached hydrogens (tertiary/aromatic N) is 1. The van der Waals surface area contributed by atoms with E-state index in [1.165, 1.54) is 12.1 Å². The van der Waals surface area contributed by atoms with E-state index in [2.05, 4.69) is 19.2 Å². The Hall–Kier alpha value is -1.29. The molecule has 2 rings (SSSR count). The van der Waals surface area contributed by atoms with Crippen LogP contribution in [0.2, 0.25) is 5.02 Å². The van der Waals surface area contributed by atoms with Crippen LogP contribution in [-0.2, 0) is 0 Å². The lowest BCUT2D eigenvalue weighted by Gasteiger charge is -2.19. The van der Waals surface area contributed by atoms with Crippen molar-refractivity contribution in [1.29, 1.82) is 0 Å². The smallest absolute Gasteiger partial charge is 0.271 e. The molecule has 0 radical (unpaired) electrons. The minimum absolute atomic E-state index is 0.0687. The number of nitro benzene ring substituents is 1. The number of anilines is 1. The molecule has 1 fully saturated rings. The molecule has 4 nitrogen and oxygen atoms in total. The molecular formula is C13H17ClN2O2. The van der Waals surface area contributed by atoms with E-state index in [9.17, 15) is 10.1 Å². The Kier molecular flexibility index (Phi) is 3.48. The second kappa shape index (κ2) is 4.76. The fourth-order valence-electron chi connectivity index (χ4n) is 2.52. The van der Waals surface area contributed by atoms with Crippen molar-refractivity contribution in [3.8, 4) is 0 Å². The van der Waals surface area contributed by atoms with Gasteiger partial charge in [-0.05, 0) is 30.7 Å². The van der Waals surface area contributed by atoms with Gasteiger partial charge in [0.25, 0.3) is 5.69 Å². The Morgan fingerprint density at radius 1 is 1.50 bits per heavy atom. The van der Waals surface area contributed by atoms with Crippen LogP contribution in [0.1, 0.15) is 33.1 Å². The highest BCUT2D eigenvalue weighted by atomic mass is 35.5. The fourth-order valence-corrected chi connectivity index (χ4v) is 2.69. The zero-order valence-electron chi connectivity index (χ0n) is 10.6. The lowest BCUT2D eigenvalue weighted by atomic mass is 9.92. The van der Waals surface area contributed by atoms with Gasteiger partial charge in [0.2, 0.25) is 0 Å². The third-order valence-corrected chi connectivity index (χ3v) is 3.82. The molecule has 0 amide bonds. The maximum absolute atomic E-state index is 10.7. The largest absolute Gasteiger partial charge is 0.381 e. The zero-order chi connectivity index (χ0) is 13.3. The highest BCUT2D eigenvalue weighted by molar-refractivity contribution is 6.33. The van der Waals surface area contributed by atoms with Crippen molar-refractivity contribution >= 4 is 23.0 Å². The van der Waals surface area contributed by atoms with Gasteiger partial charge in [-0.25, -0.2) is 0 Å². The van der Waals surface area contributed by atoms with Crippen molar-refractivity contribution in [3.63, 3.8) is 0 Å². The quantitative estimate of drug-likeness (QED) is 0.659. The molecule has 0 spiro atoms. The second-order valence-electron chi connectivity index (χ2n) is 5.67. The van der Waals surface area contributed by atoms with E-state index in [0.717, 1.165) is 19.3 Å². The molecule has 1 atom stereocenters. The van der Waals surface area contributed by atoms with Crippen LogP contribution in [0, 0.1) is 15.5 Å². The summed E-state index contributed by atoms with van der Waals surface area (Å²) in [7, 11) is 0. The van der Waals surface area contributed by atoms with Crippen LogP contribution in [0.4, 0.5) is 11.4 Å². The van der Waals surface area contributed by atoms with Gasteiger partial charge in [-0.15, -0.1) is 0 Å². The molecule has 0 aliphatic heterocycles. The Balaban J connectivity index is 2.14. The number of hydrogen-bond acceptors (Lipinski definition) is 3. The molecule has 1 N–H and O–H groups in total. The average Bonchev–Trinajstić information content (AvgIpc) is 2.61. The van der Waals surface area contributed by atoms with Gasteiger partial charge in [-0.3, -0.25) is 10.1 Å². The van der Waals surface area contributed by atoms with Crippen LogP contribution in [0.3, 0.4) is 0 Å². The Morgan fingerprint density at radius 2 is 2.22 bits per heavy atom. The summed E-state index contributed by atoms with van der Waals surface area (Å²) in [5, 5.41) is 14.6. The van der Waals surface area contributed by atoms with Crippen LogP contribution < -0.4 is 5.32 Å². The zero-order valence-corrected chi connectivity index (χ0v) is 11.3. The molecule has 18 heavy (non-hydrogen) atoms. The maximum Gasteiger partial charge on any atom is 0.271 e. The molecule has 0 saturated heterocycles. The lowest BCUT2D eigenvalue weighted by molar-refractivity contribution is -0.384. The van der Waals surface area contributed by atoms with E-state index in [4.69, 9.17) is 11.6 Å². The molecule has 1 aromatic carbocycles. The van der Waals surface area contributed by atoms with Gasteiger partial charge in [-0.2, -0.15) is 0 Å². The molecule has 0 bridgehead atoms. The summed E-state index contributed by atoms with van der Waals surface area (Å²) in [4.78, 5) is 10.3. The number of nitrogens with one attached hydrogen (secondary N) is 1. The third kappa shape index (κ3) is 2.93. The van der Waals surface area contributed by atoms with Gasteiger partial charge in [0.1, 0.15) is 0 Å². The van der Waals surface area contributed by atoms with Crippen LogP contribution in [0.5, 0.6) is 0 Å². The number of rotatable bonds is 3. The number of non-ortho nitro benzene ring substituents is 1. The van der Waals surface area contributed by atoms with Gasteiger partial charge < -0.3 is 5.32 Å². The first-order chi connectivity index (χ1) is 8.37. The Bertz CT molecular complexity index is 474. The van der Waals surface area contributed by atoms with E-state index in [1.807, 2.05) is 0 Å². The molecule has 1 aliphatic carbocycles. The SMILES string of the molecule is CC1(C)CCC(Nc2cc([N+](=O)[O-])ccc2Cl)C1. The van der Waals surface area contributed by atoms with Crippen LogP contribution in [-0.4, -0.2) is 11.0 Å². The van der Waals surface area contributed by atoms with E-state index >= 15 is 0 Å². The molecule has 5 heteroatoms. The topological polar surface area (TPSA) is 55.2 Å². The van der Waals surface area contributed by atoms with Crippen molar-refractivity contribution < 1.29 is 4.92 Å². The van der Waals surface area contributed by atoms with E-state index in [-0.39, 0.29) is 5.69 Å². The summed E-state index contributed by atoms with van der Waals surface area (Å²) in [6.07, 6.45) is 3.30. The predicted molar refractivity (Wildman–Crippen MR) is 73.1 cm³/mol. The third-order valence-electron chi connectivity index (χ3n) is 3.49. The molecule has 0 heterocycles. The van der Waals surface area contributed by atoms with E-state index in [0.29, 0.717) is 22.2 Å². The number of halogens is 1. The number of benzene rings is 1. The standard InChI is InChI=1S/C13H17ClN2O2/c1-13(2)6-5-9(8-13)15-12-7-10(16(17)18)3-4-11(12)14/h3-4,7,9,15H,5-6,8H2,1-2H3. The fraction of sp³-hybridized carbons (Fsp3) is 0.538. The first kappa shape index (κ1) is 13.1. The van der Waals surface area contributed by atoms with Crippen molar-refractivity contribution in [3.05, 3.63) is 33.3 Å². The Morgan fingerprint density at radius 3 is 2.78 bits per heavy atom. The van der Waals surface area contributed by atoms with Gasteiger partial charge in [-0.1, -0.05) is 25.4 Å². The number of nitro groups is 1.